The van der Waals surface area contributed by atoms with Crippen LogP contribution in [0.3, 0.4) is 0 Å². The largest absolute Gasteiger partial charge is 0.374 e. The zero-order chi connectivity index (χ0) is 15.3. The summed E-state index contributed by atoms with van der Waals surface area (Å²) in [4.78, 5) is 2.27. The van der Waals surface area contributed by atoms with Crippen molar-refractivity contribution in [3.63, 3.8) is 0 Å². The van der Waals surface area contributed by atoms with Gasteiger partial charge in [-0.15, -0.1) is 0 Å². The van der Waals surface area contributed by atoms with Gasteiger partial charge in [0.15, 0.2) is 0 Å². The lowest BCUT2D eigenvalue weighted by Crippen LogP contribution is -2.44. The maximum atomic E-state index is 11.6. The second kappa shape index (κ2) is 7.22. The van der Waals surface area contributed by atoms with Crippen molar-refractivity contribution in [3.8, 4) is 0 Å². The lowest BCUT2D eigenvalue weighted by Gasteiger charge is -2.34. The molecule has 0 bridgehead atoms. The van der Waals surface area contributed by atoms with E-state index in [1.165, 1.54) is 24.1 Å². The van der Waals surface area contributed by atoms with Crippen LogP contribution in [0.5, 0.6) is 0 Å². The van der Waals surface area contributed by atoms with Crippen LogP contribution < -0.4 is 9.62 Å². The second-order valence-electron chi connectivity index (χ2n) is 5.24. The third kappa shape index (κ3) is 4.67. The van der Waals surface area contributed by atoms with Gasteiger partial charge in [-0.3, -0.25) is 0 Å². The van der Waals surface area contributed by atoms with Crippen LogP contribution in [-0.4, -0.2) is 59.2 Å². The summed E-state index contributed by atoms with van der Waals surface area (Å²) >= 11 is 0. The summed E-state index contributed by atoms with van der Waals surface area (Å²) in [6, 6.07) is 10.2. The lowest BCUT2D eigenvalue weighted by atomic mass is 10.2. The van der Waals surface area contributed by atoms with Crippen molar-refractivity contribution in [1.29, 1.82) is 0 Å². The molecule has 1 saturated heterocycles. The smallest absolute Gasteiger partial charge is 0.278 e. The molecular formula is C14H23N3O3S. The van der Waals surface area contributed by atoms with Crippen molar-refractivity contribution in [2.24, 2.45) is 0 Å². The maximum Gasteiger partial charge on any atom is 0.278 e. The number of para-hydroxylation sites is 1. The van der Waals surface area contributed by atoms with Crippen molar-refractivity contribution in [2.75, 3.05) is 45.2 Å². The Morgan fingerprint density at radius 2 is 2.05 bits per heavy atom. The Kier molecular flexibility index (Phi) is 5.58. The first-order chi connectivity index (χ1) is 9.99. The first kappa shape index (κ1) is 16.2. The average Bonchev–Trinajstić information content (AvgIpc) is 2.48. The fourth-order valence-corrected chi connectivity index (χ4v) is 2.88. The predicted octanol–water partition coefficient (Wildman–Crippen LogP) is 0.678. The minimum atomic E-state index is -3.35. The average molecular weight is 313 g/mol. The van der Waals surface area contributed by atoms with Crippen LogP contribution in [0.4, 0.5) is 5.69 Å². The quantitative estimate of drug-likeness (QED) is 0.839. The van der Waals surface area contributed by atoms with Gasteiger partial charge in [-0.1, -0.05) is 18.2 Å². The van der Waals surface area contributed by atoms with Gasteiger partial charge in [0.1, 0.15) is 0 Å². The molecule has 0 amide bonds. The van der Waals surface area contributed by atoms with Crippen LogP contribution in [0, 0.1) is 0 Å². The normalized spacial score (nSPS) is 20.0. The van der Waals surface area contributed by atoms with Crippen molar-refractivity contribution < 1.29 is 13.2 Å². The highest BCUT2D eigenvalue weighted by Crippen LogP contribution is 2.18. The molecule has 1 aliphatic heterocycles. The first-order valence-electron chi connectivity index (χ1n) is 7.08. The Bertz CT molecular complexity index is 534. The molecule has 0 spiro atoms. The number of hydrogen-bond donors (Lipinski definition) is 1. The number of morpholine rings is 1. The molecule has 1 unspecified atom stereocenters. The summed E-state index contributed by atoms with van der Waals surface area (Å²) in [7, 11) is -0.330. The lowest BCUT2D eigenvalue weighted by molar-refractivity contribution is 0.0363. The van der Waals surface area contributed by atoms with E-state index >= 15 is 0 Å². The van der Waals surface area contributed by atoms with Gasteiger partial charge in [0, 0.05) is 39.4 Å². The summed E-state index contributed by atoms with van der Waals surface area (Å²) in [5.74, 6) is 0. The Hall–Kier alpha value is -1.15. The summed E-state index contributed by atoms with van der Waals surface area (Å²) < 4.78 is 32.7. The minimum Gasteiger partial charge on any atom is -0.374 e. The van der Waals surface area contributed by atoms with E-state index in [4.69, 9.17) is 4.74 Å². The van der Waals surface area contributed by atoms with Gasteiger partial charge >= 0.3 is 0 Å². The fourth-order valence-electron chi connectivity index (χ4n) is 2.25. The van der Waals surface area contributed by atoms with E-state index in [0.29, 0.717) is 19.6 Å². The zero-order valence-corrected chi connectivity index (χ0v) is 13.3. The van der Waals surface area contributed by atoms with Crippen LogP contribution in [0.2, 0.25) is 0 Å². The first-order valence-corrected chi connectivity index (χ1v) is 8.52. The van der Waals surface area contributed by atoms with E-state index in [9.17, 15) is 8.42 Å². The molecule has 1 aromatic carbocycles. The molecular weight excluding hydrogens is 290 g/mol. The SMILES string of the molecule is CN(C)S(=O)(=O)NCCC1CN(c2ccccc2)CCO1. The van der Waals surface area contributed by atoms with Crippen LogP contribution in [-0.2, 0) is 14.9 Å². The van der Waals surface area contributed by atoms with Crippen molar-refractivity contribution in [1.82, 2.24) is 9.03 Å². The highest BCUT2D eigenvalue weighted by molar-refractivity contribution is 7.87. The zero-order valence-electron chi connectivity index (χ0n) is 12.5. The van der Waals surface area contributed by atoms with Gasteiger partial charge in [-0.05, 0) is 18.6 Å². The van der Waals surface area contributed by atoms with Gasteiger partial charge in [0.25, 0.3) is 10.2 Å². The highest BCUT2D eigenvalue weighted by Gasteiger charge is 2.21. The summed E-state index contributed by atoms with van der Waals surface area (Å²) in [6.07, 6.45) is 0.708. The van der Waals surface area contributed by atoms with Crippen LogP contribution >= 0.6 is 0 Å². The Balaban J connectivity index is 1.82. The van der Waals surface area contributed by atoms with E-state index < -0.39 is 10.2 Å². The number of nitrogens with zero attached hydrogens (tertiary/aromatic N) is 2. The molecule has 7 heteroatoms. The number of hydrogen-bond acceptors (Lipinski definition) is 4. The molecule has 0 aromatic heterocycles. The molecule has 0 aliphatic carbocycles. The Morgan fingerprint density at radius 1 is 1.33 bits per heavy atom. The fraction of sp³-hybridized carbons (Fsp3) is 0.571. The van der Waals surface area contributed by atoms with E-state index in [0.717, 1.165) is 13.1 Å². The number of anilines is 1. The van der Waals surface area contributed by atoms with Crippen LogP contribution in [0.1, 0.15) is 6.42 Å². The molecule has 0 saturated carbocycles. The minimum absolute atomic E-state index is 0.0452. The molecule has 21 heavy (non-hydrogen) atoms. The summed E-state index contributed by atoms with van der Waals surface area (Å²) in [6.45, 7) is 2.70. The van der Waals surface area contributed by atoms with Gasteiger partial charge in [0.2, 0.25) is 0 Å². The standard InChI is InChI=1S/C14H23N3O3S/c1-16(2)21(18,19)15-9-8-14-12-17(10-11-20-14)13-6-4-3-5-7-13/h3-7,14-15H,8-12H2,1-2H3. The second-order valence-corrected chi connectivity index (χ2v) is 7.21. The Morgan fingerprint density at radius 3 is 2.71 bits per heavy atom. The molecule has 6 nitrogen and oxygen atoms in total. The van der Waals surface area contributed by atoms with Gasteiger partial charge in [0.05, 0.1) is 12.7 Å². The molecule has 1 atom stereocenters. The summed E-state index contributed by atoms with van der Waals surface area (Å²) in [5, 5.41) is 0. The van der Waals surface area contributed by atoms with Crippen molar-refractivity contribution in [2.45, 2.75) is 12.5 Å². The van der Waals surface area contributed by atoms with Crippen molar-refractivity contribution in [3.05, 3.63) is 30.3 Å². The van der Waals surface area contributed by atoms with E-state index in [1.54, 1.807) is 0 Å². The van der Waals surface area contributed by atoms with Gasteiger partial charge < -0.3 is 9.64 Å². The number of rotatable bonds is 6. The Labute approximate surface area is 126 Å². The predicted molar refractivity (Wildman–Crippen MR) is 83.6 cm³/mol. The van der Waals surface area contributed by atoms with E-state index in [2.05, 4.69) is 21.8 Å². The van der Waals surface area contributed by atoms with Crippen LogP contribution in [0.25, 0.3) is 0 Å². The molecule has 1 fully saturated rings. The number of benzene rings is 1. The number of ether oxygens (including phenoxy) is 1. The van der Waals surface area contributed by atoms with E-state index in [1.807, 2.05) is 18.2 Å². The highest BCUT2D eigenvalue weighted by atomic mass is 32.2. The molecule has 1 aliphatic rings. The van der Waals surface area contributed by atoms with Gasteiger partial charge in [-0.25, -0.2) is 4.72 Å². The maximum absolute atomic E-state index is 11.6. The summed E-state index contributed by atoms with van der Waals surface area (Å²) in [5.41, 5.74) is 1.18. The molecule has 1 N–H and O–H groups in total. The van der Waals surface area contributed by atoms with E-state index in [-0.39, 0.29) is 6.10 Å². The van der Waals surface area contributed by atoms with Crippen LogP contribution in [0.15, 0.2) is 30.3 Å². The van der Waals surface area contributed by atoms with Crippen molar-refractivity contribution >= 4 is 15.9 Å². The van der Waals surface area contributed by atoms with Gasteiger partial charge in [-0.2, -0.15) is 12.7 Å². The molecule has 1 aromatic rings. The molecule has 118 valence electrons. The molecule has 2 rings (SSSR count). The topological polar surface area (TPSA) is 61.9 Å². The third-order valence-electron chi connectivity index (χ3n) is 3.49. The monoisotopic (exact) mass is 313 g/mol. The third-order valence-corrected chi connectivity index (χ3v) is 5.02. The molecule has 0 radical (unpaired) electrons. The number of nitrogens with one attached hydrogen (secondary N) is 1. The molecule has 1 heterocycles.